The van der Waals surface area contributed by atoms with Crippen molar-refractivity contribution < 1.29 is 9.47 Å². The van der Waals surface area contributed by atoms with E-state index in [0.717, 1.165) is 44.8 Å². The van der Waals surface area contributed by atoms with E-state index in [1.54, 1.807) is 0 Å². The van der Waals surface area contributed by atoms with E-state index in [-0.39, 0.29) is 6.10 Å². The Kier molecular flexibility index (Phi) is 5.40. The molecule has 6 heteroatoms. The van der Waals surface area contributed by atoms with Crippen molar-refractivity contribution in [1.82, 2.24) is 9.97 Å². The predicted octanol–water partition coefficient (Wildman–Crippen LogP) is 1.85. The van der Waals surface area contributed by atoms with Gasteiger partial charge in [-0.25, -0.2) is 4.98 Å². The van der Waals surface area contributed by atoms with Crippen LogP contribution >= 0.6 is 0 Å². The van der Waals surface area contributed by atoms with Gasteiger partial charge in [0.1, 0.15) is 12.0 Å². The van der Waals surface area contributed by atoms with E-state index in [2.05, 4.69) is 21.8 Å². The van der Waals surface area contributed by atoms with E-state index in [4.69, 9.17) is 15.2 Å². The van der Waals surface area contributed by atoms with Crippen molar-refractivity contribution in [3.63, 3.8) is 0 Å². The summed E-state index contributed by atoms with van der Waals surface area (Å²) in [7, 11) is 0. The highest BCUT2D eigenvalue weighted by molar-refractivity contribution is 5.67. The number of nitrogens with two attached hydrogens (primary N) is 1. The number of nitrogens with zero attached hydrogens (tertiary/aromatic N) is 3. The summed E-state index contributed by atoms with van der Waals surface area (Å²) in [5, 5.41) is 0. The van der Waals surface area contributed by atoms with E-state index < -0.39 is 0 Å². The zero-order valence-corrected chi connectivity index (χ0v) is 12.3. The second kappa shape index (κ2) is 7.28. The van der Waals surface area contributed by atoms with Gasteiger partial charge in [-0.3, -0.25) is 0 Å². The van der Waals surface area contributed by atoms with Crippen LogP contribution in [0.2, 0.25) is 0 Å². The molecule has 2 N–H and O–H groups in total. The molecule has 0 amide bonds. The molecule has 0 bridgehead atoms. The van der Waals surface area contributed by atoms with Gasteiger partial charge in [0.25, 0.3) is 0 Å². The molecule has 1 fully saturated rings. The molecular formula is C14H24N4O2. The predicted molar refractivity (Wildman–Crippen MR) is 79.1 cm³/mol. The molecule has 1 aromatic rings. The summed E-state index contributed by atoms with van der Waals surface area (Å²) in [4.78, 5) is 10.6. The van der Waals surface area contributed by atoms with Crippen molar-refractivity contribution >= 4 is 11.5 Å². The first kappa shape index (κ1) is 14.8. The topological polar surface area (TPSA) is 73.5 Å². The Bertz CT molecular complexity index is 426. The number of ether oxygens (including phenoxy) is 2. The minimum absolute atomic E-state index is 0.253. The molecule has 6 nitrogen and oxygen atoms in total. The largest absolute Gasteiger partial charge is 0.476 e. The van der Waals surface area contributed by atoms with Crippen molar-refractivity contribution in [3.05, 3.63) is 6.33 Å². The molecule has 112 valence electrons. The van der Waals surface area contributed by atoms with Gasteiger partial charge in [0.15, 0.2) is 5.82 Å². The highest BCUT2D eigenvalue weighted by Crippen LogP contribution is 2.30. The van der Waals surface area contributed by atoms with Gasteiger partial charge >= 0.3 is 0 Å². The lowest BCUT2D eigenvalue weighted by Gasteiger charge is -2.33. The Morgan fingerprint density at radius 2 is 2.25 bits per heavy atom. The molecule has 1 aromatic heterocycles. The van der Waals surface area contributed by atoms with E-state index in [1.807, 2.05) is 6.92 Å². The highest BCUT2D eigenvalue weighted by Gasteiger charge is 2.24. The summed E-state index contributed by atoms with van der Waals surface area (Å²) in [5.74, 6) is 1.24. The van der Waals surface area contributed by atoms with Crippen LogP contribution in [0, 0.1) is 0 Å². The molecular weight excluding hydrogens is 256 g/mol. The van der Waals surface area contributed by atoms with Crippen molar-refractivity contribution in [2.24, 2.45) is 0 Å². The van der Waals surface area contributed by atoms with Crippen LogP contribution in [0.5, 0.6) is 5.88 Å². The summed E-state index contributed by atoms with van der Waals surface area (Å²) in [6, 6.07) is 0. The Morgan fingerprint density at radius 1 is 1.40 bits per heavy atom. The summed E-state index contributed by atoms with van der Waals surface area (Å²) < 4.78 is 11.3. The quantitative estimate of drug-likeness (QED) is 0.857. The second-order valence-electron chi connectivity index (χ2n) is 4.93. The molecule has 1 aliphatic heterocycles. The second-order valence-corrected chi connectivity index (χ2v) is 4.93. The molecule has 1 saturated heterocycles. The van der Waals surface area contributed by atoms with Crippen LogP contribution in [0.4, 0.5) is 11.5 Å². The van der Waals surface area contributed by atoms with Gasteiger partial charge in [-0.15, -0.1) is 0 Å². The zero-order valence-electron chi connectivity index (χ0n) is 12.3. The van der Waals surface area contributed by atoms with E-state index in [9.17, 15) is 0 Å². The molecule has 1 atom stereocenters. The van der Waals surface area contributed by atoms with Crippen molar-refractivity contribution in [2.45, 2.75) is 39.2 Å². The summed E-state index contributed by atoms with van der Waals surface area (Å²) >= 11 is 0. The molecule has 0 aromatic carbocycles. The van der Waals surface area contributed by atoms with Gasteiger partial charge in [-0.2, -0.15) is 4.98 Å². The van der Waals surface area contributed by atoms with Crippen LogP contribution < -0.4 is 15.4 Å². The zero-order chi connectivity index (χ0) is 14.4. The number of hydrogen-bond donors (Lipinski definition) is 1. The molecule has 1 unspecified atom stereocenters. The molecule has 2 rings (SSSR count). The van der Waals surface area contributed by atoms with Crippen LogP contribution in [0.15, 0.2) is 6.33 Å². The highest BCUT2D eigenvalue weighted by atomic mass is 16.5. The number of aromatic nitrogens is 2. The standard InChI is InChI=1S/C14H24N4O2/c1-3-8-20-14-12(15)13(16-10-17-14)18-7-5-6-11(9-18)19-4-2/h10-11H,3-9,15H2,1-2H3. The van der Waals surface area contributed by atoms with Gasteiger partial charge in [0.05, 0.1) is 12.7 Å². The summed E-state index contributed by atoms with van der Waals surface area (Å²) in [6.45, 7) is 7.19. The van der Waals surface area contributed by atoms with Crippen LogP contribution in [-0.4, -0.2) is 42.4 Å². The third-order valence-electron chi connectivity index (χ3n) is 3.35. The lowest BCUT2D eigenvalue weighted by atomic mass is 10.1. The maximum absolute atomic E-state index is 6.14. The van der Waals surface area contributed by atoms with Crippen LogP contribution in [0.3, 0.4) is 0 Å². The Morgan fingerprint density at radius 3 is 3.00 bits per heavy atom. The molecule has 0 aliphatic carbocycles. The minimum atomic E-state index is 0.253. The number of anilines is 2. The monoisotopic (exact) mass is 280 g/mol. The number of rotatable bonds is 6. The van der Waals surface area contributed by atoms with E-state index in [0.29, 0.717) is 18.2 Å². The third kappa shape index (κ3) is 3.50. The number of nitrogen functional groups attached to an aromatic ring is 1. The Labute approximate surface area is 120 Å². The van der Waals surface area contributed by atoms with Gasteiger partial charge in [-0.1, -0.05) is 6.92 Å². The molecule has 0 radical (unpaired) electrons. The lowest BCUT2D eigenvalue weighted by Crippen LogP contribution is -2.40. The Balaban J connectivity index is 2.11. The van der Waals surface area contributed by atoms with Crippen LogP contribution in [-0.2, 0) is 4.74 Å². The first-order valence-corrected chi connectivity index (χ1v) is 7.36. The molecule has 1 aliphatic rings. The fourth-order valence-corrected chi connectivity index (χ4v) is 2.44. The summed E-state index contributed by atoms with van der Waals surface area (Å²) in [5.41, 5.74) is 6.67. The fourth-order valence-electron chi connectivity index (χ4n) is 2.44. The maximum Gasteiger partial charge on any atom is 0.242 e. The van der Waals surface area contributed by atoms with Crippen LogP contribution in [0.25, 0.3) is 0 Å². The van der Waals surface area contributed by atoms with Gasteiger partial charge < -0.3 is 20.1 Å². The molecule has 2 heterocycles. The van der Waals surface area contributed by atoms with Gasteiger partial charge in [0, 0.05) is 19.7 Å². The SMILES string of the molecule is CCCOc1ncnc(N2CCCC(OCC)C2)c1N. The molecule has 0 saturated carbocycles. The maximum atomic E-state index is 6.14. The summed E-state index contributed by atoms with van der Waals surface area (Å²) in [6.07, 6.45) is 4.87. The van der Waals surface area contributed by atoms with E-state index >= 15 is 0 Å². The normalized spacial score (nSPS) is 19.1. The van der Waals surface area contributed by atoms with Gasteiger partial charge in [0.2, 0.25) is 5.88 Å². The van der Waals surface area contributed by atoms with Crippen molar-refractivity contribution in [3.8, 4) is 5.88 Å². The first-order chi connectivity index (χ1) is 9.76. The smallest absolute Gasteiger partial charge is 0.242 e. The van der Waals surface area contributed by atoms with Crippen molar-refractivity contribution in [2.75, 3.05) is 36.9 Å². The molecule has 20 heavy (non-hydrogen) atoms. The molecule has 0 spiro atoms. The Hall–Kier alpha value is -1.56. The van der Waals surface area contributed by atoms with Gasteiger partial charge in [-0.05, 0) is 26.2 Å². The van der Waals surface area contributed by atoms with E-state index in [1.165, 1.54) is 6.33 Å². The lowest BCUT2D eigenvalue weighted by molar-refractivity contribution is 0.0525. The fraction of sp³-hybridized carbons (Fsp3) is 0.714. The minimum Gasteiger partial charge on any atom is -0.476 e. The number of piperidine rings is 1. The third-order valence-corrected chi connectivity index (χ3v) is 3.35. The first-order valence-electron chi connectivity index (χ1n) is 7.36. The average Bonchev–Trinajstić information content (AvgIpc) is 2.47. The van der Waals surface area contributed by atoms with Crippen LogP contribution in [0.1, 0.15) is 33.1 Å². The van der Waals surface area contributed by atoms with Crippen molar-refractivity contribution in [1.29, 1.82) is 0 Å². The average molecular weight is 280 g/mol. The number of hydrogen-bond acceptors (Lipinski definition) is 6.